The molecule has 2 rings (SSSR count). The number of aryl methyl sites for hydroxylation is 3. The van der Waals surface area contributed by atoms with E-state index in [0.29, 0.717) is 0 Å². The number of pyridine rings is 1. The van der Waals surface area contributed by atoms with E-state index in [2.05, 4.69) is 44.8 Å². The molecule has 4 heteroatoms. The topological polar surface area (TPSA) is 30.7 Å². The Bertz CT molecular complexity index is 433. The summed E-state index contributed by atoms with van der Waals surface area (Å²) in [5, 5.41) is 4.23. The first-order valence-electron chi connectivity index (χ1n) is 4.83. The Morgan fingerprint density at radius 2 is 2.20 bits per heavy atom. The molecule has 0 atom stereocenters. The number of nitrogens with zero attached hydrogens (tertiary/aromatic N) is 3. The van der Waals surface area contributed by atoms with Crippen molar-refractivity contribution in [3.05, 3.63) is 45.6 Å². The van der Waals surface area contributed by atoms with Gasteiger partial charge in [0, 0.05) is 31.1 Å². The van der Waals surface area contributed by atoms with Crippen molar-refractivity contribution in [2.75, 3.05) is 0 Å². The quantitative estimate of drug-likeness (QED) is 0.815. The molecule has 2 aromatic rings. The summed E-state index contributed by atoms with van der Waals surface area (Å²) in [5.74, 6) is 0. The fraction of sp³-hybridized carbons (Fsp3) is 0.273. The van der Waals surface area contributed by atoms with Crippen molar-refractivity contribution in [1.82, 2.24) is 14.8 Å². The standard InChI is InChI=1S/C11H12IN3/c1-9-2-3-11(13-6-9)4-5-15-8-10(12)7-14-15/h2-3,6-8H,4-5H2,1H3. The molecule has 0 aliphatic heterocycles. The Hall–Kier alpha value is -0.910. The summed E-state index contributed by atoms with van der Waals surface area (Å²) >= 11 is 2.26. The van der Waals surface area contributed by atoms with Crippen molar-refractivity contribution in [2.45, 2.75) is 19.9 Å². The molecule has 0 aromatic carbocycles. The third-order valence-electron chi connectivity index (χ3n) is 2.17. The lowest BCUT2D eigenvalue weighted by Gasteiger charge is -2.01. The number of rotatable bonds is 3. The van der Waals surface area contributed by atoms with Crippen LogP contribution in [0.2, 0.25) is 0 Å². The molecule has 2 aromatic heterocycles. The van der Waals surface area contributed by atoms with E-state index in [1.807, 2.05) is 30.2 Å². The monoisotopic (exact) mass is 313 g/mol. The van der Waals surface area contributed by atoms with Crippen LogP contribution in [0.4, 0.5) is 0 Å². The third kappa shape index (κ3) is 3.02. The van der Waals surface area contributed by atoms with E-state index in [-0.39, 0.29) is 0 Å². The molecular weight excluding hydrogens is 301 g/mol. The maximum atomic E-state index is 4.36. The van der Waals surface area contributed by atoms with Crippen LogP contribution in [0.5, 0.6) is 0 Å². The molecule has 0 saturated carbocycles. The van der Waals surface area contributed by atoms with Crippen LogP contribution in [-0.4, -0.2) is 14.8 Å². The predicted octanol–water partition coefficient (Wildman–Crippen LogP) is 2.43. The van der Waals surface area contributed by atoms with Crippen molar-refractivity contribution in [3.63, 3.8) is 0 Å². The SMILES string of the molecule is Cc1ccc(CCn2cc(I)cn2)nc1. The van der Waals surface area contributed by atoms with Crippen LogP contribution < -0.4 is 0 Å². The van der Waals surface area contributed by atoms with Gasteiger partial charge in [-0.1, -0.05) is 6.07 Å². The molecule has 78 valence electrons. The van der Waals surface area contributed by atoms with Crippen molar-refractivity contribution in [2.24, 2.45) is 0 Å². The summed E-state index contributed by atoms with van der Waals surface area (Å²) in [6.45, 7) is 2.94. The molecule has 0 saturated heterocycles. The Kier molecular flexibility index (Phi) is 3.35. The normalized spacial score (nSPS) is 10.5. The van der Waals surface area contributed by atoms with Crippen LogP contribution in [0.1, 0.15) is 11.3 Å². The molecule has 0 unspecified atom stereocenters. The molecule has 15 heavy (non-hydrogen) atoms. The predicted molar refractivity (Wildman–Crippen MR) is 67.6 cm³/mol. The summed E-state index contributed by atoms with van der Waals surface area (Å²) in [6, 6.07) is 4.17. The minimum atomic E-state index is 0.888. The van der Waals surface area contributed by atoms with Gasteiger partial charge in [-0.15, -0.1) is 0 Å². The highest BCUT2D eigenvalue weighted by molar-refractivity contribution is 14.1. The van der Waals surface area contributed by atoms with Crippen LogP contribution in [0, 0.1) is 10.5 Å². The largest absolute Gasteiger partial charge is 0.271 e. The average Bonchev–Trinajstić information content (AvgIpc) is 2.64. The highest BCUT2D eigenvalue weighted by Gasteiger charge is 1.97. The molecule has 0 bridgehead atoms. The van der Waals surface area contributed by atoms with Crippen LogP contribution >= 0.6 is 22.6 Å². The summed E-state index contributed by atoms with van der Waals surface area (Å²) in [4.78, 5) is 4.36. The Morgan fingerprint density at radius 1 is 1.33 bits per heavy atom. The van der Waals surface area contributed by atoms with E-state index in [1.54, 1.807) is 0 Å². The van der Waals surface area contributed by atoms with E-state index in [0.717, 1.165) is 18.7 Å². The van der Waals surface area contributed by atoms with Crippen LogP contribution in [-0.2, 0) is 13.0 Å². The van der Waals surface area contributed by atoms with E-state index in [4.69, 9.17) is 0 Å². The van der Waals surface area contributed by atoms with Gasteiger partial charge in [0.1, 0.15) is 0 Å². The van der Waals surface area contributed by atoms with Gasteiger partial charge in [0.05, 0.1) is 9.77 Å². The molecule has 0 radical (unpaired) electrons. The fourth-order valence-corrected chi connectivity index (χ4v) is 1.78. The van der Waals surface area contributed by atoms with Gasteiger partial charge in [0.2, 0.25) is 0 Å². The summed E-state index contributed by atoms with van der Waals surface area (Å²) in [5.41, 5.74) is 2.32. The molecule has 0 amide bonds. The van der Waals surface area contributed by atoms with E-state index >= 15 is 0 Å². The van der Waals surface area contributed by atoms with Crippen molar-refractivity contribution >= 4 is 22.6 Å². The third-order valence-corrected chi connectivity index (χ3v) is 2.73. The first kappa shape index (κ1) is 10.6. The van der Waals surface area contributed by atoms with Crippen molar-refractivity contribution in [1.29, 1.82) is 0 Å². The van der Waals surface area contributed by atoms with Gasteiger partial charge in [-0.3, -0.25) is 9.67 Å². The molecule has 2 heterocycles. The molecule has 0 aliphatic rings. The van der Waals surface area contributed by atoms with Gasteiger partial charge in [0.15, 0.2) is 0 Å². The van der Waals surface area contributed by atoms with E-state index in [1.165, 1.54) is 9.13 Å². The number of hydrogen-bond acceptors (Lipinski definition) is 2. The molecule has 0 aliphatic carbocycles. The minimum absolute atomic E-state index is 0.888. The second-order valence-electron chi connectivity index (χ2n) is 3.50. The number of aromatic nitrogens is 3. The van der Waals surface area contributed by atoms with Crippen molar-refractivity contribution < 1.29 is 0 Å². The van der Waals surface area contributed by atoms with Gasteiger partial charge >= 0.3 is 0 Å². The fourth-order valence-electron chi connectivity index (χ4n) is 1.34. The highest BCUT2D eigenvalue weighted by Crippen LogP contribution is 2.04. The average molecular weight is 313 g/mol. The first-order valence-corrected chi connectivity index (χ1v) is 5.91. The first-order chi connectivity index (χ1) is 7.24. The zero-order chi connectivity index (χ0) is 10.7. The smallest absolute Gasteiger partial charge is 0.0623 e. The molecular formula is C11H12IN3. The maximum absolute atomic E-state index is 4.36. The number of halogens is 1. The minimum Gasteiger partial charge on any atom is -0.271 e. The lowest BCUT2D eigenvalue weighted by Crippen LogP contribution is -2.02. The molecule has 0 N–H and O–H groups in total. The zero-order valence-electron chi connectivity index (χ0n) is 8.52. The van der Waals surface area contributed by atoms with Gasteiger partial charge < -0.3 is 0 Å². The second-order valence-corrected chi connectivity index (χ2v) is 4.74. The van der Waals surface area contributed by atoms with E-state index < -0.39 is 0 Å². The Morgan fingerprint density at radius 3 is 2.80 bits per heavy atom. The van der Waals surface area contributed by atoms with Gasteiger partial charge in [-0.25, -0.2) is 0 Å². The summed E-state index contributed by atoms with van der Waals surface area (Å²) in [6.07, 6.45) is 6.73. The highest BCUT2D eigenvalue weighted by atomic mass is 127. The lowest BCUT2D eigenvalue weighted by atomic mass is 10.2. The van der Waals surface area contributed by atoms with Crippen molar-refractivity contribution in [3.8, 4) is 0 Å². The number of hydrogen-bond donors (Lipinski definition) is 0. The molecule has 3 nitrogen and oxygen atoms in total. The Labute approximate surface area is 103 Å². The van der Waals surface area contributed by atoms with Gasteiger partial charge in [-0.2, -0.15) is 5.10 Å². The lowest BCUT2D eigenvalue weighted by molar-refractivity contribution is 0.608. The maximum Gasteiger partial charge on any atom is 0.0623 e. The Balaban J connectivity index is 1.96. The van der Waals surface area contributed by atoms with Gasteiger partial charge in [0.25, 0.3) is 0 Å². The van der Waals surface area contributed by atoms with E-state index in [9.17, 15) is 0 Å². The molecule has 0 fully saturated rings. The molecule has 0 spiro atoms. The van der Waals surface area contributed by atoms with Crippen LogP contribution in [0.25, 0.3) is 0 Å². The zero-order valence-corrected chi connectivity index (χ0v) is 10.7. The van der Waals surface area contributed by atoms with Crippen LogP contribution in [0.15, 0.2) is 30.7 Å². The second kappa shape index (κ2) is 4.74. The van der Waals surface area contributed by atoms with Crippen LogP contribution in [0.3, 0.4) is 0 Å². The summed E-state index contributed by atoms with van der Waals surface area (Å²) < 4.78 is 3.12. The summed E-state index contributed by atoms with van der Waals surface area (Å²) in [7, 11) is 0. The van der Waals surface area contributed by atoms with Gasteiger partial charge in [-0.05, 0) is 41.1 Å².